The molecule has 0 saturated carbocycles. The Kier molecular flexibility index (Phi) is 5.24. The third-order valence-electron chi connectivity index (χ3n) is 3.99. The summed E-state index contributed by atoms with van der Waals surface area (Å²) in [5, 5.41) is 6.93. The molecule has 0 aromatic carbocycles. The molecule has 1 fully saturated rings. The van der Waals surface area contributed by atoms with Crippen molar-refractivity contribution in [2.75, 3.05) is 31.2 Å². The van der Waals surface area contributed by atoms with E-state index in [1.54, 1.807) is 34.9 Å². The van der Waals surface area contributed by atoms with Crippen LogP contribution in [0.15, 0.2) is 40.5 Å². The fourth-order valence-corrected chi connectivity index (χ4v) is 4.12. The average Bonchev–Trinajstić information content (AvgIpc) is 3.38. The molecule has 134 valence electrons. The lowest BCUT2D eigenvalue weighted by atomic mass is 10.2. The maximum absolute atomic E-state index is 12.2. The lowest BCUT2D eigenvalue weighted by molar-refractivity contribution is 0.0468. The van der Waals surface area contributed by atoms with Gasteiger partial charge in [0.15, 0.2) is 0 Å². The number of thiazole rings is 1. The zero-order valence-electron chi connectivity index (χ0n) is 14.0. The number of nitrogens with zero attached hydrogens (tertiary/aromatic N) is 3. The molecule has 1 aliphatic heterocycles. The molecule has 3 aromatic heterocycles. The first-order chi connectivity index (χ1) is 12.8. The van der Waals surface area contributed by atoms with E-state index in [-0.39, 0.29) is 6.61 Å². The van der Waals surface area contributed by atoms with E-state index >= 15 is 0 Å². The standard InChI is InChI=1S/C18H17N3O3S2/c22-18(13-1-2-16(19-9-13)21-4-6-23-7-5-21)24-10-15-12-26-17(20-15)14-3-8-25-11-14/h1-3,8-9,11-12H,4-7,10H2. The lowest BCUT2D eigenvalue weighted by Gasteiger charge is -2.27. The van der Waals surface area contributed by atoms with E-state index in [1.165, 1.54) is 0 Å². The lowest BCUT2D eigenvalue weighted by Crippen LogP contribution is -2.36. The number of anilines is 1. The van der Waals surface area contributed by atoms with Crippen LogP contribution in [0.5, 0.6) is 0 Å². The summed E-state index contributed by atoms with van der Waals surface area (Å²) in [6.07, 6.45) is 1.56. The molecule has 0 aliphatic carbocycles. The van der Waals surface area contributed by atoms with Gasteiger partial charge in [0.05, 0.1) is 24.5 Å². The molecule has 0 unspecified atom stereocenters. The first-order valence-electron chi connectivity index (χ1n) is 8.22. The van der Waals surface area contributed by atoms with Crippen molar-refractivity contribution in [2.24, 2.45) is 0 Å². The van der Waals surface area contributed by atoms with Gasteiger partial charge < -0.3 is 14.4 Å². The highest BCUT2D eigenvalue weighted by Crippen LogP contribution is 2.26. The predicted octanol–water partition coefficient (Wildman–Crippen LogP) is 3.46. The highest BCUT2D eigenvalue weighted by Gasteiger charge is 2.14. The number of aromatic nitrogens is 2. The Balaban J connectivity index is 1.34. The summed E-state index contributed by atoms with van der Waals surface area (Å²) in [6.45, 7) is 3.18. The molecule has 0 radical (unpaired) electrons. The second-order valence-corrected chi connectivity index (χ2v) is 7.37. The summed E-state index contributed by atoms with van der Waals surface area (Å²) >= 11 is 3.18. The second-order valence-electron chi connectivity index (χ2n) is 5.74. The van der Waals surface area contributed by atoms with Crippen LogP contribution in [0.4, 0.5) is 5.82 Å². The molecule has 8 heteroatoms. The van der Waals surface area contributed by atoms with Crippen LogP contribution in [0.2, 0.25) is 0 Å². The van der Waals surface area contributed by atoms with E-state index in [1.807, 2.05) is 22.9 Å². The number of pyridine rings is 1. The largest absolute Gasteiger partial charge is 0.456 e. The summed E-state index contributed by atoms with van der Waals surface area (Å²) in [7, 11) is 0. The number of hydrogen-bond acceptors (Lipinski definition) is 8. The number of carbonyl (C=O) groups is 1. The molecular weight excluding hydrogens is 370 g/mol. The molecule has 3 aromatic rings. The summed E-state index contributed by atoms with van der Waals surface area (Å²) < 4.78 is 10.7. The normalized spacial score (nSPS) is 14.4. The Labute approximate surface area is 159 Å². The van der Waals surface area contributed by atoms with E-state index in [2.05, 4.69) is 20.2 Å². The molecule has 0 atom stereocenters. The maximum Gasteiger partial charge on any atom is 0.340 e. The third-order valence-corrected chi connectivity index (χ3v) is 5.61. The van der Waals surface area contributed by atoms with Gasteiger partial charge in [-0.25, -0.2) is 14.8 Å². The molecule has 0 N–H and O–H groups in total. The summed E-state index contributed by atoms with van der Waals surface area (Å²) in [6, 6.07) is 5.62. The number of carbonyl (C=O) groups excluding carboxylic acids is 1. The molecule has 1 saturated heterocycles. The number of ether oxygens (including phenoxy) is 2. The SMILES string of the molecule is O=C(OCc1csc(-c2ccsc2)n1)c1ccc(N2CCOCC2)nc1. The van der Waals surface area contributed by atoms with E-state index < -0.39 is 5.97 Å². The van der Waals surface area contributed by atoms with Crippen LogP contribution in [0.25, 0.3) is 10.6 Å². The minimum Gasteiger partial charge on any atom is -0.456 e. The smallest absolute Gasteiger partial charge is 0.340 e. The van der Waals surface area contributed by atoms with Crippen LogP contribution in [-0.2, 0) is 16.1 Å². The Morgan fingerprint density at radius 2 is 2.12 bits per heavy atom. The van der Waals surface area contributed by atoms with Crippen LogP contribution < -0.4 is 4.90 Å². The quantitative estimate of drug-likeness (QED) is 0.625. The van der Waals surface area contributed by atoms with Crippen LogP contribution in [0.1, 0.15) is 16.1 Å². The van der Waals surface area contributed by atoms with Crippen molar-refractivity contribution in [3.8, 4) is 10.6 Å². The fraction of sp³-hybridized carbons (Fsp3) is 0.278. The molecular formula is C18H17N3O3S2. The van der Waals surface area contributed by atoms with Crippen LogP contribution in [0.3, 0.4) is 0 Å². The van der Waals surface area contributed by atoms with Gasteiger partial charge >= 0.3 is 5.97 Å². The number of esters is 1. The van der Waals surface area contributed by atoms with Gasteiger partial charge in [0, 0.05) is 35.6 Å². The van der Waals surface area contributed by atoms with E-state index in [9.17, 15) is 4.79 Å². The van der Waals surface area contributed by atoms with Gasteiger partial charge in [0.2, 0.25) is 0 Å². The Morgan fingerprint density at radius 3 is 2.85 bits per heavy atom. The van der Waals surface area contributed by atoms with Crippen molar-refractivity contribution in [1.82, 2.24) is 9.97 Å². The molecule has 4 rings (SSSR count). The number of hydrogen-bond donors (Lipinski definition) is 0. The predicted molar refractivity (Wildman–Crippen MR) is 102 cm³/mol. The van der Waals surface area contributed by atoms with E-state index in [0.717, 1.165) is 35.2 Å². The Hall–Kier alpha value is -2.29. The first kappa shape index (κ1) is 17.1. The topological polar surface area (TPSA) is 64.5 Å². The van der Waals surface area contributed by atoms with Gasteiger partial charge in [0.1, 0.15) is 17.4 Å². The van der Waals surface area contributed by atoms with Crippen LogP contribution in [-0.4, -0.2) is 42.2 Å². The number of thiophene rings is 1. The molecule has 0 amide bonds. The minimum absolute atomic E-state index is 0.157. The Bertz CT molecular complexity index is 856. The van der Waals surface area contributed by atoms with Crippen molar-refractivity contribution >= 4 is 34.5 Å². The van der Waals surface area contributed by atoms with Crippen molar-refractivity contribution < 1.29 is 14.3 Å². The van der Waals surface area contributed by atoms with Crippen molar-refractivity contribution in [2.45, 2.75) is 6.61 Å². The van der Waals surface area contributed by atoms with Crippen LogP contribution >= 0.6 is 22.7 Å². The average molecular weight is 387 g/mol. The van der Waals surface area contributed by atoms with Crippen molar-refractivity contribution in [3.05, 3.63) is 51.8 Å². The molecule has 0 spiro atoms. The van der Waals surface area contributed by atoms with Gasteiger partial charge in [0.25, 0.3) is 0 Å². The summed E-state index contributed by atoms with van der Waals surface area (Å²) in [5.41, 5.74) is 2.29. The monoisotopic (exact) mass is 387 g/mol. The van der Waals surface area contributed by atoms with E-state index in [0.29, 0.717) is 18.8 Å². The van der Waals surface area contributed by atoms with Gasteiger partial charge in [-0.05, 0) is 23.6 Å². The number of morpholine rings is 1. The van der Waals surface area contributed by atoms with Crippen molar-refractivity contribution in [1.29, 1.82) is 0 Å². The zero-order valence-corrected chi connectivity index (χ0v) is 15.6. The first-order valence-corrected chi connectivity index (χ1v) is 10.0. The van der Waals surface area contributed by atoms with Gasteiger partial charge in [-0.1, -0.05) is 0 Å². The fourth-order valence-electron chi connectivity index (χ4n) is 2.60. The Morgan fingerprint density at radius 1 is 1.23 bits per heavy atom. The highest BCUT2D eigenvalue weighted by atomic mass is 32.1. The minimum atomic E-state index is -0.392. The maximum atomic E-state index is 12.2. The molecule has 0 bridgehead atoms. The summed E-state index contributed by atoms with van der Waals surface area (Å²) in [5.74, 6) is 0.459. The molecule has 1 aliphatic rings. The number of rotatable bonds is 5. The molecule has 6 nitrogen and oxygen atoms in total. The van der Waals surface area contributed by atoms with Gasteiger partial charge in [-0.2, -0.15) is 11.3 Å². The van der Waals surface area contributed by atoms with Gasteiger partial charge in [-0.3, -0.25) is 0 Å². The molecule has 4 heterocycles. The molecule has 26 heavy (non-hydrogen) atoms. The van der Waals surface area contributed by atoms with Gasteiger partial charge in [-0.15, -0.1) is 11.3 Å². The highest BCUT2D eigenvalue weighted by molar-refractivity contribution is 7.14. The van der Waals surface area contributed by atoms with E-state index in [4.69, 9.17) is 9.47 Å². The summed E-state index contributed by atoms with van der Waals surface area (Å²) in [4.78, 5) is 23.2. The second kappa shape index (κ2) is 7.94. The zero-order chi connectivity index (χ0) is 17.8. The van der Waals surface area contributed by atoms with Crippen molar-refractivity contribution in [3.63, 3.8) is 0 Å². The van der Waals surface area contributed by atoms with Crippen LogP contribution in [0, 0.1) is 0 Å². The third kappa shape index (κ3) is 3.92.